The molecule has 27 heavy (non-hydrogen) atoms. The topological polar surface area (TPSA) is 72.9 Å². The van der Waals surface area contributed by atoms with Gasteiger partial charge in [-0.25, -0.2) is 4.79 Å². The molecule has 2 aromatic carbocycles. The number of amides is 3. The molecular formula is C21H25N3O3. The number of urea groups is 1. The lowest BCUT2D eigenvalue weighted by Gasteiger charge is -2.24. The van der Waals surface area contributed by atoms with E-state index in [1.807, 2.05) is 61.5 Å². The molecule has 3 amide bonds. The standard InChI is InChI=1S/C21H25N3O3/c1-16-7-9-19(10-8-16)24-15-18(13-20(24)26)22-21(27)23(11-12-25)14-17-5-3-2-4-6-17/h2-10,18,25H,11-15H2,1H3,(H,22,27)/t18-/m1/s1. The Balaban J connectivity index is 1.62. The minimum absolute atomic E-state index is 0.000852. The molecule has 1 aliphatic rings. The molecule has 1 heterocycles. The van der Waals surface area contributed by atoms with Crippen molar-refractivity contribution in [2.45, 2.75) is 25.9 Å². The van der Waals surface area contributed by atoms with Crippen LogP contribution in [0.4, 0.5) is 10.5 Å². The lowest BCUT2D eigenvalue weighted by atomic mass is 10.2. The van der Waals surface area contributed by atoms with Gasteiger partial charge in [0, 0.05) is 31.7 Å². The Morgan fingerprint density at radius 2 is 1.89 bits per heavy atom. The molecule has 2 N–H and O–H groups in total. The summed E-state index contributed by atoms with van der Waals surface area (Å²) in [6.45, 7) is 2.99. The number of aliphatic hydroxyl groups is 1. The molecule has 0 spiro atoms. The molecule has 1 fully saturated rings. The van der Waals surface area contributed by atoms with Gasteiger partial charge in [0.2, 0.25) is 5.91 Å². The number of carbonyl (C=O) groups is 2. The van der Waals surface area contributed by atoms with Crippen LogP contribution in [0.5, 0.6) is 0 Å². The number of hydrogen-bond acceptors (Lipinski definition) is 3. The number of nitrogens with one attached hydrogen (secondary N) is 1. The largest absolute Gasteiger partial charge is 0.395 e. The predicted molar refractivity (Wildman–Crippen MR) is 104 cm³/mol. The van der Waals surface area contributed by atoms with Crippen LogP contribution in [0.25, 0.3) is 0 Å². The zero-order chi connectivity index (χ0) is 19.2. The molecule has 1 aliphatic heterocycles. The van der Waals surface area contributed by atoms with E-state index in [-0.39, 0.29) is 37.6 Å². The smallest absolute Gasteiger partial charge is 0.318 e. The highest BCUT2D eigenvalue weighted by Crippen LogP contribution is 2.22. The van der Waals surface area contributed by atoms with Crippen LogP contribution in [0.2, 0.25) is 0 Å². The fourth-order valence-corrected chi connectivity index (χ4v) is 3.22. The average molecular weight is 367 g/mol. The van der Waals surface area contributed by atoms with E-state index in [2.05, 4.69) is 5.32 Å². The van der Waals surface area contributed by atoms with E-state index >= 15 is 0 Å². The second-order valence-corrected chi connectivity index (χ2v) is 6.82. The minimum Gasteiger partial charge on any atom is -0.395 e. The molecule has 3 rings (SSSR count). The van der Waals surface area contributed by atoms with Gasteiger partial charge in [-0.05, 0) is 24.6 Å². The van der Waals surface area contributed by atoms with Crippen LogP contribution in [0.15, 0.2) is 54.6 Å². The van der Waals surface area contributed by atoms with E-state index in [0.29, 0.717) is 13.1 Å². The van der Waals surface area contributed by atoms with Gasteiger partial charge >= 0.3 is 6.03 Å². The second-order valence-electron chi connectivity index (χ2n) is 6.82. The van der Waals surface area contributed by atoms with Crippen LogP contribution in [-0.4, -0.2) is 47.7 Å². The van der Waals surface area contributed by atoms with Crippen molar-refractivity contribution in [3.05, 3.63) is 65.7 Å². The first-order valence-electron chi connectivity index (χ1n) is 9.14. The molecule has 142 valence electrons. The Morgan fingerprint density at radius 1 is 1.19 bits per heavy atom. The van der Waals surface area contributed by atoms with Gasteiger partial charge in [0.15, 0.2) is 0 Å². The van der Waals surface area contributed by atoms with Gasteiger partial charge in [-0.15, -0.1) is 0 Å². The summed E-state index contributed by atoms with van der Waals surface area (Å²) in [5, 5.41) is 12.2. The van der Waals surface area contributed by atoms with Gasteiger partial charge < -0.3 is 20.2 Å². The first kappa shape index (κ1) is 18.9. The Hall–Kier alpha value is -2.86. The summed E-state index contributed by atoms with van der Waals surface area (Å²) in [4.78, 5) is 28.3. The van der Waals surface area contributed by atoms with Crippen LogP contribution in [0, 0.1) is 6.92 Å². The van der Waals surface area contributed by atoms with Gasteiger partial charge in [-0.1, -0.05) is 48.0 Å². The Labute approximate surface area is 159 Å². The fourth-order valence-electron chi connectivity index (χ4n) is 3.22. The first-order chi connectivity index (χ1) is 13.1. The second kappa shape index (κ2) is 8.68. The van der Waals surface area contributed by atoms with Gasteiger partial charge in [0.25, 0.3) is 0 Å². The highest BCUT2D eigenvalue weighted by molar-refractivity contribution is 5.96. The van der Waals surface area contributed by atoms with Gasteiger partial charge in [0.05, 0.1) is 12.6 Å². The zero-order valence-corrected chi connectivity index (χ0v) is 15.5. The maximum atomic E-state index is 12.7. The van der Waals surface area contributed by atoms with E-state index in [9.17, 15) is 14.7 Å². The number of anilines is 1. The summed E-state index contributed by atoms with van der Waals surface area (Å²) in [6, 6.07) is 16.9. The molecule has 1 saturated heterocycles. The third-order valence-electron chi connectivity index (χ3n) is 4.67. The average Bonchev–Trinajstić information content (AvgIpc) is 3.03. The lowest BCUT2D eigenvalue weighted by molar-refractivity contribution is -0.117. The molecule has 0 radical (unpaired) electrons. The molecule has 6 heteroatoms. The molecule has 2 aromatic rings. The third kappa shape index (κ3) is 4.86. The molecule has 1 atom stereocenters. The van der Waals surface area contributed by atoms with Crippen molar-refractivity contribution in [1.29, 1.82) is 0 Å². The van der Waals surface area contributed by atoms with Crippen molar-refractivity contribution in [2.24, 2.45) is 0 Å². The number of carbonyl (C=O) groups excluding carboxylic acids is 2. The summed E-state index contributed by atoms with van der Waals surface area (Å²) < 4.78 is 0. The molecule has 0 aliphatic carbocycles. The normalized spacial score (nSPS) is 16.4. The fraction of sp³-hybridized carbons (Fsp3) is 0.333. The van der Waals surface area contributed by atoms with Gasteiger partial charge in [-0.3, -0.25) is 4.79 Å². The molecule has 0 bridgehead atoms. The maximum Gasteiger partial charge on any atom is 0.318 e. The lowest BCUT2D eigenvalue weighted by Crippen LogP contribution is -2.46. The monoisotopic (exact) mass is 367 g/mol. The maximum absolute atomic E-state index is 12.7. The summed E-state index contributed by atoms with van der Waals surface area (Å²) in [6.07, 6.45) is 0.276. The summed E-state index contributed by atoms with van der Waals surface area (Å²) in [5.74, 6) is 0.000852. The van der Waals surface area contributed by atoms with E-state index in [4.69, 9.17) is 0 Å². The van der Waals surface area contributed by atoms with E-state index in [0.717, 1.165) is 16.8 Å². The van der Waals surface area contributed by atoms with Gasteiger partial charge in [-0.2, -0.15) is 0 Å². The van der Waals surface area contributed by atoms with Crippen molar-refractivity contribution in [2.75, 3.05) is 24.6 Å². The predicted octanol–water partition coefficient (Wildman–Crippen LogP) is 2.30. The Bertz CT molecular complexity index is 777. The Morgan fingerprint density at radius 3 is 2.56 bits per heavy atom. The molecular weight excluding hydrogens is 342 g/mol. The number of aryl methyl sites for hydroxylation is 1. The first-order valence-corrected chi connectivity index (χ1v) is 9.14. The number of benzene rings is 2. The minimum atomic E-state index is -0.267. The van der Waals surface area contributed by atoms with Crippen LogP contribution in [0.1, 0.15) is 17.5 Å². The summed E-state index contributed by atoms with van der Waals surface area (Å²) in [5.41, 5.74) is 2.97. The summed E-state index contributed by atoms with van der Waals surface area (Å²) in [7, 11) is 0. The van der Waals surface area contributed by atoms with E-state index < -0.39 is 0 Å². The van der Waals surface area contributed by atoms with Crippen molar-refractivity contribution in [3.63, 3.8) is 0 Å². The number of hydrogen-bond donors (Lipinski definition) is 2. The van der Waals surface area contributed by atoms with Crippen molar-refractivity contribution in [1.82, 2.24) is 10.2 Å². The highest BCUT2D eigenvalue weighted by atomic mass is 16.3. The van der Waals surface area contributed by atoms with Crippen LogP contribution < -0.4 is 10.2 Å². The Kier molecular flexibility index (Phi) is 6.08. The zero-order valence-electron chi connectivity index (χ0n) is 15.5. The number of aliphatic hydroxyl groups excluding tert-OH is 1. The highest BCUT2D eigenvalue weighted by Gasteiger charge is 2.32. The number of nitrogens with zero attached hydrogens (tertiary/aromatic N) is 2. The summed E-state index contributed by atoms with van der Waals surface area (Å²) >= 11 is 0. The van der Waals surface area contributed by atoms with Crippen LogP contribution in [-0.2, 0) is 11.3 Å². The molecule has 0 unspecified atom stereocenters. The van der Waals surface area contributed by atoms with Crippen molar-refractivity contribution in [3.8, 4) is 0 Å². The van der Waals surface area contributed by atoms with Gasteiger partial charge in [0.1, 0.15) is 0 Å². The molecule has 0 saturated carbocycles. The number of rotatable bonds is 6. The SMILES string of the molecule is Cc1ccc(N2C[C@H](NC(=O)N(CCO)Cc3ccccc3)CC2=O)cc1. The molecule has 6 nitrogen and oxygen atoms in total. The quantitative estimate of drug-likeness (QED) is 0.823. The van der Waals surface area contributed by atoms with Crippen molar-refractivity contribution >= 4 is 17.6 Å². The van der Waals surface area contributed by atoms with Crippen LogP contribution >= 0.6 is 0 Å². The van der Waals surface area contributed by atoms with E-state index in [1.54, 1.807) is 9.80 Å². The third-order valence-corrected chi connectivity index (χ3v) is 4.67. The van der Waals surface area contributed by atoms with E-state index in [1.165, 1.54) is 0 Å². The molecule has 0 aromatic heterocycles. The van der Waals surface area contributed by atoms with Crippen LogP contribution in [0.3, 0.4) is 0 Å². The van der Waals surface area contributed by atoms with Crippen molar-refractivity contribution < 1.29 is 14.7 Å².